The van der Waals surface area contributed by atoms with Crippen molar-refractivity contribution in [3.05, 3.63) is 54.4 Å². The van der Waals surface area contributed by atoms with Gasteiger partial charge in [-0.1, -0.05) is 18.2 Å². The lowest BCUT2D eigenvalue weighted by atomic mass is 9.98. The largest absolute Gasteiger partial charge is 0.366 e. The standard InChI is InChI=1S/C14H11N3O/c15-13(18)11-4-2-1-3-9(11)10-5-7-16-14-12(10)6-8-17-14/h1-8H,(H2,15,18)(H,16,17). The summed E-state index contributed by atoms with van der Waals surface area (Å²) in [5.41, 5.74) is 8.51. The lowest BCUT2D eigenvalue weighted by Gasteiger charge is -2.07. The van der Waals surface area contributed by atoms with Gasteiger partial charge in [-0.05, 0) is 29.3 Å². The Morgan fingerprint density at radius 2 is 1.94 bits per heavy atom. The molecule has 0 spiro atoms. The van der Waals surface area contributed by atoms with E-state index in [0.29, 0.717) is 5.56 Å². The van der Waals surface area contributed by atoms with E-state index in [2.05, 4.69) is 9.97 Å². The Hall–Kier alpha value is -2.62. The number of aromatic nitrogens is 2. The first-order valence-electron chi connectivity index (χ1n) is 5.58. The molecule has 0 aliphatic heterocycles. The maximum Gasteiger partial charge on any atom is 0.249 e. The minimum absolute atomic E-state index is 0.425. The molecule has 2 aromatic heterocycles. The molecule has 3 rings (SSSR count). The number of amides is 1. The predicted molar refractivity (Wildman–Crippen MR) is 70.0 cm³/mol. The molecule has 0 atom stereocenters. The van der Waals surface area contributed by atoms with Crippen LogP contribution >= 0.6 is 0 Å². The quantitative estimate of drug-likeness (QED) is 0.718. The summed E-state index contributed by atoms with van der Waals surface area (Å²) in [6.45, 7) is 0. The van der Waals surface area contributed by atoms with Crippen LogP contribution in [0.3, 0.4) is 0 Å². The van der Waals surface area contributed by atoms with Crippen molar-refractivity contribution in [3.63, 3.8) is 0 Å². The summed E-state index contributed by atoms with van der Waals surface area (Å²) in [6.07, 6.45) is 3.54. The van der Waals surface area contributed by atoms with E-state index in [1.54, 1.807) is 18.3 Å². The Balaban J connectivity index is 2.33. The lowest BCUT2D eigenvalue weighted by molar-refractivity contribution is 0.100. The smallest absolute Gasteiger partial charge is 0.249 e. The van der Waals surface area contributed by atoms with Crippen molar-refractivity contribution >= 4 is 16.9 Å². The summed E-state index contributed by atoms with van der Waals surface area (Å²) < 4.78 is 0. The number of carbonyl (C=O) groups is 1. The molecule has 18 heavy (non-hydrogen) atoms. The van der Waals surface area contributed by atoms with Crippen LogP contribution < -0.4 is 5.73 Å². The van der Waals surface area contributed by atoms with Crippen molar-refractivity contribution in [3.8, 4) is 11.1 Å². The highest BCUT2D eigenvalue weighted by Crippen LogP contribution is 2.29. The SMILES string of the molecule is NC(=O)c1ccccc1-c1ccnc2[nH]ccc12. The highest BCUT2D eigenvalue weighted by Gasteiger charge is 2.12. The Bertz CT molecular complexity index is 730. The monoisotopic (exact) mass is 237 g/mol. The van der Waals surface area contributed by atoms with Crippen LogP contribution in [0.15, 0.2) is 48.8 Å². The number of primary amides is 1. The number of nitrogens with one attached hydrogen (secondary N) is 1. The number of nitrogens with zero attached hydrogens (tertiary/aromatic N) is 1. The molecule has 1 amide bonds. The summed E-state index contributed by atoms with van der Waals surface area (Å²) in [7, 11) is 0. The number of aromatic amines is 1. The predicted octanol–water partition coefficient (Wildman–Crippen LogP) is 2.33. The first kappa shape index (κ1) is 10.5. The number of hydrogen-bond acceptors (Lipinski definition) is 2. The molecular formula is C14H11N3O. The maximum absolute atomic E-state index is 11.5. The van der Waals surface area contributed by atoms with Crippen LogP contribution in [0.5, 0.6) is 0 Å². The van der Waals surface area contributed by atoms with Gasteiger partial charge in [0.05, 0.1) is 0 Å². The highest BCUT2D eigenvalue weighted by atomic mass is 16.1. The molecule has 0 saturated carbocycles. The van der Waals surface area contributed by atoms with Crippen molar-refractivity contribution in [1.82, 2.24) is 9.97 Å². The molecule has 0 radical (unpaired) electrons. The molecule has 0 bridgehead atoms. The zero-order valence-electron chi connectivity index (χ0n) is 9.55. The molecule has 4 heteroatoms. The number of nitrogens with two attached hydrogens (primary N) is 1. The number of benzene rings is 1. The fourth-order valence-corrected chi connectivity index (χ4v) is 2.13. The van der Waals surface area contributed by atoms with Crippen LogP contribution in [0.1, 0.15) is 10.4 Å². The van der Waals surface area contributed by atoms with E-state index in [0.717, 1.165) is 22.2 Å². The zero-order chi connectivity index (χ0) is 12.5. The van der Waals surface area contributed by atoms with Crippen LogP contribution in [-0.2, 0) is 0 Å². The van der Waals surface area contributed by atoms with E-state index in [-0.39, 0.29) is 0 Å². The van der Waals surface area contributed by atoms with Gasteiger partial charge >= 0.3 is 0 Å². The topological polar surface area (TPSA) is 71.8 Å². The number of fused-ring (bicyclic) bond motifs is 1. The molecule has 1 aromatic carbocycles. The van der Waals surface area contributed by atoms with Crippen LogP contribution in [0.4, 0.5) is 0 Å². The van der Waals surface area contributed by atoms with Gasteiger partial charge in [0.2, 0.25) is 5.91 Å². The van der Waals surface area contributed by atoms with Gasteiger partial charge in [0.25, 0.3) is 0 Å². The zero-order valence-corrected chi connectivity index (χ0v) is 9.55. The van der Waals surface area contributed by atoms with Gasteiger partial charge in [0.15, 0.2) is 0 Å². The minimum Gasteiger partial charge on any atom is -0.366 e. The average molecular weight is 237 g/mol. The van der Waals surface area contributed by atoms with Crippen molar-refractivity contribution in [1.29, 1.82) is 0 Å². The molecule has 0 unspecified atom stereocenters. The fourth-order valence-electron chi connectivity index (χ4n) is 2.13. The first-order chi connectivity index (χ1) is 8.77. The molecular weight excluding hydrogens is 226 g/mol. The highest BCUT2D eigenvalue weighted by molar-refractivity contribution is 6.04. The Morgan fingerprint density at radius 3 is 2.78 bits per heavy atom. The summed E-state index contributed by atoms with van der Waals surface area (Å²) in [5.74, 6) is -0.425. The van der Waals surface area contributed by atoms with Crippen LogP contribution in [0, 0.1) is 0 Å². The second kappa shape index (κ2) is 4.00. The van der Waals surface area contributed by atoms with Gasteiger partial charge in [-0.3, -0.25) is 4.79 Å². The maximum atomic E-state index is 11.5. The first-order valence-corrected chi connectivity index (χ1v) is 5.58. The van der Waals surface area contributed by atoms with Crippen LogP contribution in [0.25, 0.3) is 22.2 Å². The Morgan fingerprint density at radius 1 is 1.11 bits per heavy atom. The number of pyridine rings is 1. The third-order valence-electron chi connectivity index (χ3n) is 2.94. The molecule has 0 aliphatic rings. The van der Waals surface area contributed by atoms with Gasteiger partial charge in [0, 0.05) is 23.3 Å². The molecule has 3 aromatic rings. The number of rotatable bonds is 2. The van der Waals surface area contributed by atoms with Gasteiger partial charge in [-0.15, -0.1) is 0 Å². The van der Waals surface area contributed by atoms with Crippen molar-refractivity contribution in [2.24, 2.45) is 5.73 Å². The molecule has 4 nitrogen and oxygen atoms in total. The summed E-state index contributed by atoms with van der Waals surface area (Å²) in [5, 5.41) is 0.978. The number of hydrogen-bond donors (Lipinski definition) is 2. The number of carbonyl (C=O) groups excluding carboxylic acids is 1. The average Bonchev–Trinajstić information content (AvgIpc) is 2.86. The third-order valence-corrected chi connectivity index (χ3v) is 2.94. The third kappa shape index (κ3) is 1.55. The lowest BCUT2D eigenvalue weighted by Crippen LogP contribution is -2.12. The molecule has 0 fully saturated rings. The van der Waals surface area contributed by atoms with Crippen LogP contribution in [0.2, 0.25) is 0 Å². The van der Waals surface area contributed by atoms with Gasteiger partial charge in [0.1, 0.15) is 5.65 Å². The van der Waals surface area contributed by atoms with Crippen molar-refractivity contribution in [2.75, 3.05) is 0 Å². The van der Waals surface area contributed by atoms with Crippen molar-refractivity contribution < 1.29 is 4.79 Å². The minimum atomic E-state index is -0.425. The molecule has 2 heterocycles. The molecule has 0 aliphatic carbocycles. The Labute approximate surface area is 103 Å². The van der Waals surface area contributed by atoms with E-state index in [1.807, 2.05) is 30.5 Å². The molecule has 3 N–H and O–H groups in total. The second-order valence-corrected chi connectivity index (χ2v) is 4.01. The Kier molecular flexibility index (Phi) is 2.34. The van der Waals surface area contributed by atoms with Crippen LogP contribution in [-0.4, -0.2) is 15.9 Å². The van der Waals surface area contributed by atoms with Gasteiger partial charge in [-0.2, -0.15) is 0 Å². The van der Waals surface area contributed by atoms with E-state index >= 15 is 0 Å². The van der Waals surface area contributed by atoms with E-state index < -0.39 is 5.91 Å². The van der Waals surface area contributed by atoms with Crippen molar-refractivity contribution in [2.45, 2.75) is 0 Å². The summed E-state index contributed by atoms with van der Waals surface area (Å²) in [4.78, 5) is 18.7. The van der Waals surface area contributed by atoms with Gasteiger partial charge in [-0.25, -0.2) is 4.98 Å². The fraction of sp³-hybridized carbons (Fsp3) is 0. The molecule has 0 saturated heterocycles. The summed E-state index contributed by atoms with van der Waals surface area (Å²) in [6, 6.07) is 11.1. The van der Waals surface area contributed by atoms with Gasteiger partial charge < -0.3 is 10.7 Å². The number of H-pyrrole nitrogens is 1. The van der Waals surface area contributed by atoms with E-state index in [1.165, 1.54) is 0 Å². The van der Waals surface area contributed by atoms with E-state index in [9.17, 15) is 4.79 Å². The molecule has 88 valence electrons. The second-order valence-electron chi connectivity index (χ2n) is 4.01. The summed E-state index contributed by atoms with van der Waals surface area (Å²) >= 11 is 0. The van der Waals surface area contributed by atoms with E-state index in [4.69, 9.17) is 5.73 Å². The normalized spacial score (nSPS) is 10.7.